The Labute approximate surface area is 85.6 Å². The maximum Gasteiger partial charge on any atom is 0.220 e. The molecule has 1 saturated heterocycles. The third kappa shape index (κ3) is 3.80. The van der Waals surface area contributed by atoms with Crippen molar-refractivity contribution in [1.29, 1.82) is 0 Å². The van der Waals surface area contributed by atoms with Crippen molar-refractivity contribution < 1.29 is 4.79 Å². The summed E-state index contributed by atoms with van der Waals surface area (Å²) >= 11 is 0. The first-order valence-corrected chi connectivity index (χ1v) is 5.16. The molecule has 2 N–H and O–H groups in total. The molecule has 1 aliphatic rings. The van der Waals surface area contributed by atoms with Crippen LogP contribution in [0.2, 0.25) is 0 Å². The Hall–Kier alpha value is -1.01. The van der Waals surface area contributed by atoms with Crippen molar-refractivity contribution in [2.24, 2.45) is 5.92 Å². The molecule has 0 spiro atoms. The molecule has 0 aliphatic carbocycles. The molecule has 78 valence electrons. The van der Waals surface area contributed by atoms with Crippen molar-refractivity contribution in [2.75, 3.05) is 13.1 Å². The molecule has 1 fully saturated rings. The zero-order chi connectivity index (χ0) is 10.4. The smallest absolute Gasteiger partial charge is 0.220 e. The average Bonchev–Trinajstić information content (AvgIpc) is 2.56. The highest BCUT2D eigenvalue weighted by molar-refractivity contribution is 5.76. The Balaban J connectivity index is 2.18. The van der Waals surface area contributed by atoms with Gasteiger partial charge in [0.1, 0.15) is 0 Å². The fourth-order valence-corrected chi connectivity index (χ4v) is 1.71. The highest BCUT2D eigenvalue weighted by atomic mass is 16.1. The van der Waals surface area contributed by atoms with E-state index in [1.165, 1.54) is 0 Å². The molecule has 0 bridgehead atoms. The van der Waals surface area contributed by atoms with Crippen LogP contribution in [0.4, 0.5) is 0 Å². The Kier molecular flexibility index (Phi) is 4.48. The van der Waals surface area contributed by atoms with Crippen LogP contribution in [0.15, 0.2) is 0 Å². The molecule has 1 aliphatic heterocycles. The van der Waals surface area contributed by atoms with Crippen molar-refractivity contribution in [1.82, 2.24) is 10.6 Å². The molecule has 0 saturated carbocycles. The van der Waals surface area contributed by atoms with Gasteiger partial charge in [-0.15, -0.1) is 12.3 Å². The highest BCUT2D eigenvalue weighted by Crippen LogP contribution is 2.11. The molecule has 0 aromatic carbocycles. The lowest BCUT2D eigenvalue weighted by atomic mass is 10.0. The standard InChI is InChI=1S/C11H18N2O/c1-3-4-9(2)13-11(14)7-10-5-6-12-8-10/h1,9-10,12H,4-8H2,2H3,(H,13,14). The van der Waals surface area contributed by atoms with Crippen LogP contribution in [0.5, 0.6) is 0 Å². The van der Waals surface area contributed by atoms with Gasteiger partial charge in [0.25, 0.3) is 0 Å². The van der Waals surface area contributed by atoms with E-state index in [1.807, 2.05) is 6.92 Å². The van der Waals surface area contributed by atoms with Gasteiger partial charge in [0, 0.05) is 18.9 Å². The largest absolute Gasteiger partial charge is 0.353 e. The number of rotatable bonds is 4. The van der Waals surface area contributed by atoms with Crippen LogP contribution in [0.1, 0.15) is 26.2 Å². The van der Waals surface area contributed by atoms with Crippen molar-refractivity contribution in [3.63, 3.8) is 0 Å². The van der Waals surface area contributed by atoms with E-state index in [0.29, 0.717) is 18.8 Å². The lowest BCUT2D eigenvalue weighted by Gasteiger charge is -2.13. The third-order valence-corrected chi connectivity index (χ3v) is 2.47. The van der Waals surface area contributed by atoms with Gasteiger partial charge in [-0.3, -0.25) is 4.79 Å². The number of hydrogen-bond donors (Lipinski definition) is 2. The minimum absolute atomic E-state index is 0.0989. The van der Waals surface area contributed by atoms with E-state index >= 15 is 0 Å². The van der Waals surface area contributed by atoms with E-state index in [9.17, 15) is 4.79 Å². The average molecular weight is 194 g/mol. The van der Waals surface area contributed by atoms with Gasteiger partial charge in [0.05, 0.1) is 0 Å². The second-order valence-electron chi connectivity index (χ2n) is 3.94. The van der Waals surface area contributed by atoms with Gasteiger partial charge in [0.2, 0.25) is 5.91 Å². The Morgan fingerprint density at radius 3 is 3.14 bits per heavy atom. The number of terminal acetylenes is 1. The maximum atomic E-state index is 11.5. The van der Waals surface area contributed by atoms with Gasteiger partial charge >= 0.3 is 0 Å². The van der Waals surface area contributed by atoms with Crippen molar-refractivity contribution in [3.05, 3.63) is 0 Å². The summed E-state index contributed by atoms with van der Waals surface area (Å²) in [7, 11) is 0. The van der Waals surface area contributed by atoms with Crippen molar-refractivity contribution in [3.8, 4) is 12.3 Å². The molecule has 0 aromatic rings. The van der Waals surface area contributed by atoms with Crippen LogP contribution in [-0.2, 0) is 4.79 Å². The number of carbonyl (C=O) groups excluding carboxylic acids is 1. The molecule has 1 rings (SSSR count). The van der Waals surface area contributed by atoms with Gasteiger partial charge in [-0.05, 0) is 32.4 Å². The summed E-state index contributed by atoms with van der Waals surface area (Å²) in [4.78, 5) is 11.5. The first-order valence-electron chi connectivity index (χ1n) is 5.16. The molecule has 14 heavy (non-hydrogen) atoms. The molecule has 3 heteroatoms. The van der Waals surface area contributed by atoms with Gasteiger partial charge in [0.15, 0.2) is 0 Å². The zero-order valence-corrected chi connectivity index (χ0v) is 8.68. The predicted octanol–water partition coefficient (Wildman–Crippen LogP) is 0.514. The minimum atomic E-state index is 0.0989. The van der Waals surface area contributed by atoms with Crippen LogP contribution < -0.4 is 10.6 Å². The molecule has 1 heterocycles. The molecular weight excluding hydrogens is 176 g/mol. The highest BCUT2D eigenvalue weighted by Gasteiger charge is 2.18. The summed E-state index contributed by atoms with van der Waals surface area (Å²) < 4.78 is 0. The first-order chi connectivity index (χ1) is 6.72. The topological polar surface area (TPSA) is 41.1 Å². The normalized spacial score (nSPS) is 22.7. The second kappa shape index (κ2) is 5.66. The fraction of sp³-hybridized carbons (Fsp3) is 0.727. The summed E-state index contributed by atoms with van der Waals surface area (Å²) in [6.07, 6.45) is 7.50. The van der Waals surface area contributed by atoms with E-state index < -0.39 is 0 Å². The van der Waals surface area contributed by atoms with E-state index in [4.69, 9.17) is 6.42 Å². The summed E-state index contributed by atoms with van der Waals surface area (Å²) in [5.41, 5.74) is 0. The van der Waals surface area contributed by atoms with E-state index in [0.717, 1.165) is 19.5 Å². The van der Waals surface area contributed by atoms with Crippen molar-refractivity contribution in [2.45, 2.75) is 32.2 Å². The first kappa shape index (κ1) is 11.1. The second-order valence-corrected chi connectivity index (χ2v) is 3.94. The SMILES string of the molecule is C#CCC(C)NC(=O)CC1CCNC1. The van der Waals surface area contributed by atoms with Crippen LogP contribution >= 0.6 is 0 Å². The molecule has 3 nitrogen and oxygen atoms in total. The van der Waals surface area contributed by atoms with Gasteiger partial charge < -0.3 is 10.6 Å². The summed E-state index contributed by atoms with van der Waals surface area (Å²) in [5, 5.41) is 6.14. The van der Waals surface area contributed by atoms with E-state index in [1.54, 1.807) is 0 Å². The van der Waals surface area contributed by atoms with E-state index in [-0.39, 0.29) is 11.9 Å². The van der Waals surface area contributed by atoms with Crippen LogP contribution in [0, 0.1) is 18.3 Å². The summed E-state index contributed by atoms with van der Waals surface area (Å²) in [6.45, 7) is 3.94. The number of nitrogens with one attached hydrogen (secondary N) is 2. The molecular formula is C11H18N2O. The summed E-state index contributed by atoms with van der Waals surface area (Å²) in [6, 6.07) is 0.0989. The zero-order valence-electron chi connectivity index (χ0n) is 8.68. The van der Waals surface area contributed by atoms with Gasteiger partial charge in [-0.25, -0.2) is 0 Å². The predicted molar refractivity (Wildman–Crippen MR) is 56.6 cm³/mol. The lowest BCUT2D eigenvalue weighted by Crippen LogP contribution is -2.33. The van der Waals surface area contributed by atoms with Gasteiger partial charge in [-0.1, -0.05) is 0 Å². The quantitative estimate of drug-likeness (QED) is 0.640. The van der Waals surface area contributed by atoms with Crippen LogP contribution in [0.3, 0.4) is 0 Å². The monoisotopic (exact) mass is 194 g/mol. The molecule has 0 aromatic heterocycles. The minimum Gasteiger partial charge on any atom is -0.353 e. The maximum absolute atomic E-state index is 11.5. The molecule has 2 atom stereocenters. The third-order valence-electron chi connectivity index (χ3n) is 2.47. The van der Waals surface area contributed by atoms with Gasteiger partial charge in [-0.2, -0.15) is 0 Å². The molecule has 0 radical (unpaired) electrons. The lowest BCUT2D eigenvalue weighted by molar-refractivity contribution is -0.122. The Morgan fingerprint density at radius 2 is 2.57 bits per heavy atom. The Morgan fingerprint density at radius 1 is 1.79 bits per heavy atom. The Bertz CT molecular complexity index is 226. The molecule has 1 amide bonds. The summed E-state index contributed by atoms with van der Waals surface area (Å²) in [5.74, 6) is 3.17. The van der Waals surface area contributed by atoms with Crippen LogP contribution in [-0.4, -0.2) is 25.0 Å². The van der Waals surface area contributed by atoms with Crippen LogP contribution in [0.25, 0.3) is 0 Å². The fourth-order valence-electron chi connectivity index (χ4n) is 1.71. The number of carbonyl (C=O) groups is 1. The molecule has 2 unspecified atom stereocenters. The number of hydrogen-bond acceptors (Lipinski definition) is 2. The van der Waals surface area contributed by atoms with E-state index in [2.05, 4.69) is 16.6 Å². The number of amides is 1. The van der Waals surface area contributed by atoms with Crippen molar-refractivity contribution >= 4 is 5.91 Å².